The Bertz CT molecular complexity index is 10300. The molecule has 12 nitrogen and oxygen atoms in total. The zero-order valence-corrected chi connectivity index (χ0v) is 77.9. The summed E-state index contributed by atoms with van der Waals surface area (Å²) in [6.07, 6.45) is 3.49. The van der Waals surface area contributed by atoms with Crippen LogP contribution >= 0.6 is 0 Å². The first-order valence-corrected chi connectivity index (χ1v) is 48.8. The van der Waals surface area contributed by atoms with Gasteiger partial charge in [0.2, 0.25) is 0 Å². The smallest absolute Gasteiger partial charge is 0.160 e. The Morgan fingerprint density at radius 1 is 0.139 bits per heavy atom. The first-order valence-electron chi connectivity index (χ1n) is 48.8. The van der Waals surface area contributed by atoms with E-state index in [1.54, 1.807) is 12.4 Å². The molecule has 0 radical (unpaired) electrons. The highest BCUT2D eigenvalue weighted by Crippen LogP contribution is 2.49. The summed E-state index contributed by atoms with van der Waals surface area (Å²) in [7, 11) is 0. The SMILES string of the molecule is c1ccc(-c2ccc(-c3nc(-c4cccc(-c5ccccc5)c4)c4cc(-n5c6ccccc6c6ccc7c8ccccc8n(-c8ccccc8)c7c65)ccc4n3)cc2)cc1.c1ccc(-c2nc(-c3ccccc3)c3cc(-n4c5ccccc5c5ccc6c7ccccc7n(-c7ccccc7)c6c54)ccc3n2)cc1.c1ccc(-n2c3ccccc3c3ccc4c(c5ccccc5n4-c4ccc5nccnc5c4)c32)cc1. The highest BCUT2D eigenvalue weighted by Gasteiger charge is 2.28. The van der Waals surface area contributed by atoms with Crippen LogP contribution in [-0.2, 0) is 0 Å². The predicted molar refractivity (Wildman–Crippen MR) is 597 cm³/mol. The van der Waals surface area contributed by atoms with Crippen molar-refractivity contribution in [2.24, 2.45) is 0 Å². The number of hydrogen-bond donors (Lipinski definition) is 0. The van der Waals surface area contributed by atoms with E-state index in [4.69, 9.17) is 19.9 Å². The Morgan fingerprint density at radius 3 is 0.868 bits per heavy atom. The van der Waals surface area contributed by atoms with Crippen molar-refractivity contribution in [2.45, 2.75) is 0 Å². The third-order valence-corrected chi connectivity index (χ3v) is 28.6. The topological polar surface area (TPSA) is 107 Å². The number of rotatable bonds is 12. The van der Waals surface area contributed by atoms with Crippen molar-refractivity contribution in [2.75, 3.05) is 0 Å². The summed E-state index contributed by atoms with van der Waals surface area (Å²) in [5.74, 6) is 1.42. The van der Waals surface area contributed by atoms with Crippen LogP contribution in [0.3, 0.4) is 0 Å². The van der Waals surface area contributed by atoms with E-state index >= 15 is 0 Å². The zero-order chi connectivity index (χ0) is 94.8. The van der Waals surface area contributed by atoms with E-state index in [1.807, 2.05) is 30.3 Å². The average Bonchev–Trinajstić information content (AvgIpc) is 1.51. The molecule has 0 aliphatic carbocycles. The lowest BCUT2D eigenvalue weighted by Crippen LogP contribution is -2.00. The van der Waals surface area contributed by atoms with Crippen molar-refractivity contribution < 1.29 is 0 Å². The molecule has 0 saturated heterocycles. The number of hydrogen-bond acceptors (Lipinski definition) is 6. The van der Waals surface area contributed by atoms with Gasteiger partial charge < -0.3 is 27.4 Å². The van der Waals surface area contributed by atoms with Crippen LogP contribution in [0.2, 0.25) is 0 Å². The van der Waals surface area contributed by atoms with E-state index in [1.165, 1.54) is 125 Å². The minimum Gasteiger partial charge on any atom is -0.309 e. The van der Waals surface area contributed by atoms with E-state index in [0.717, 1.165) is 134 Å². The molecule has 21 aromatic carbocycles. The van der Waals surface area contributed by atoms with E-state index < -0.39 is 0 Å². The third-order valence-electron chi connectivity index (χ3n) is 28.6. The summed E-state index contributed by atoms with van der Waals surface area (Å²) < 4.78 is 14.5. The second-order valence-electron chi connectivity index (χ2n) is 36.7. The van der Waals surface area contributed by atoms with Gasteiger partial charge in [-0.3, -0.25) is 9.97 Å². The monoisotopic (exact) mass is 1840 g/mol. The Balaban J connectivity index is 0.000000108. The van der Waals surface area contributed by atoms with Gasteiger partial charge in [0, 0.05) is 144 Å². The Hall–Kier alpha value is -19.6. The molecule has 0 bridgehead atoms. The molecule has 0 aliphatic rings. The van der Waals surface area contributed by atoms with Crippen molar-refractivity contribution in [3.8, 4) is 102 Å². The maximum absolute atomic E-state index is 5.43. The zero-order valence-electron chi connectivity index (χ0n) is 77.9. The van der Waals surface area contributed by atoms with E-state index in [0.29, 0.717) is 5.82 Å². The normalized spacial score (nSPS) is 11.8. The molecular weight excluding hydrogens is 1750 g/mol. The first-order chi connectivity index (χ1) is 71.5. The molecule has 12 heteroatoms. The lowest BCUT2D eigenvalue weighted by molar-refractivity contribution is 1.15. The van der Waals surface area contributed by atoms with Gasteiger partial charge >= 0.3 is 0 Å². The molecule has 0 saturated carbocycles. The largest absolute Gasteiger partial charge is 0.309 e. The Morgan fingerprint density at radius 2 is 0.431 bits per heavy atom. The summed E-state index contributed by atoms with van der Waals surface area (Å²) in [5.41, 5.74) is 34.9. The highest BCUT2D eigenvalue weighted by molar-refractivity contribution is 6.28. The van der Waals surface area contributed by atoms with Crippen LogP contribution in [0, 0.1) is 0 Å². The van der Waals surface area contributed by atoms with Crippen molar-refractivity contribution in [3.63, 3.8) is 0 Å². The second-order valence-corrected chi connectivity index (χ2v) is 36.7. The van der Waals surface area contributed by atoms with Gasteiger partial charge in [-0.2, -0.15) is 0 Å². The molecule has 144 heavy (non-hydrogen) atoms. The lowest BCUT2D eigenvalue weighted by atomic mass is 9.99. The lowest BCUT2D eigenvalue weighted by Gasteiger charge is -2.15. The number of nitrogens with zero attached hydrogens (tertiary/aromatic N) is 12. The molecule has 30 aromatic rings. The van der Waals surface area contributed by atoms with Crippen molar-refractivity contribution in [1.82, 2.24) is 57.3 Å². The van der Waals surface area contributed by atoms with Crippen LogP contribution in [0.4, 0.5) is 0 Å². The molecule has 9 heterocycles. The molecule has 0 fully saturated rings. The molecule has 0 atom stereocenters. The summed E-state index contributed by atoms with van der Waals surface area (Å²) in [4.78, 5) is 30.0. The van der Waals surface area contributed by atoms with E-state index in [9.17, 15) is 0 Å². The number of para-hydroxylation sites is 9. The minimum atomic E-state index is 0.695. The standard InChI is InChI=1S/C56H36N4.C44H28N4.C32H20N4/c1-4-15-37(16-5-1)39-27-29-40(30-28-39)56-57-50-34-31-44(36-49(50)53(58-56)42-20-14-19-41(35-42)38-17-6-2-7-18-38)60-52-26-13-11-24-46(52)48-33-32-47-45-23-10-12-25-51(45)59(54(47)55(48)60)43-21-8-3-9-22-43;1-4-14-29(15-5-1)41-37-28-32(24-27-38(37)45-44(46-41)30-16-6-2-7-17-30)48-40-23-13-11-21-34(40)36-26-25-35-33-20-10-12-22-39(33)47(42(35)43(36)48)31-18-8-3-9-19-31;1-2-8-21(9-3-1)36-28-12-6-4-10-23(28)24-15-17-30-31(32(24)36)25-11-5-7-13-29(25)35(30)22-14-16-26-27(20-22)34-19-18-33-26/h1-36H;1-28H;1-20H. The summed E-state index contributed by atoms with van der Waals surface area (Å²) in [5, 5.41) is 16.8. The van der Waals surface area contributed by atoms with Gasteiger partial charge in [-0.15, -0.1) is 0 Å². The van der Waals surface area contributed by atoms with Gasteiger partial charge in [0.15, 0.2) is 11.6 Å². The van der Waals surface area contributed by atoms with Gasteiger partial charge in [-0.1, -0.05) is 358 Å². The average molecular weight is 1840 g/mol. The van der Waals surface area contributed by atoms with Crippen molar-refractivity contribution >= 4 is 164 Å². The molecule has 0 aliphatic heterocycles. The predicted octanol–water partition coefficient (Wildman–Crippen LogP) is 33.5. The molecule has 0 N–H and O–H groups in total. The molecular formula is C132H84N12. The summed E-state index contributed by atoms with van der Waals surface area (Å²) >= 11 is 0. The molecule has 9 aromatic heterocycles. The van der Waals surface area contributed by atoms with Crippen molar-refractivity contribution in [1.29, 1.82) is 0 Å². The molecule has 30 rings (SSSR count). The van der Waals surface area contributed by atoms with Crippen molar-refractivity contribution in [3.05, 3.63) is 510 Å². The van der Waals surface area contributed by atoms with E-state index in [-0.39, 0.29) is 0 Å². The van der Waals surface area contributed by atoms with E-state index in [2.05, 4.69) is 504 Å². The number of aromatic nitrogens is 12. The highest BCUT2D eigenvalue weighted by atomic mass is 15.1. The van der Waals surface area contributed by atoms with Crippen LogP contribution < -0.4 is 0 Å². The van der Waals surface area contributed by atoms with Gasteiger partial charge in [0.05, 0.1) is 99.7 Å². The maximum atomic E-state index is 5.43. The fourth-order valence-corrected chi connectivity index (χ4v) is 22.3. The Kier molecular flexibility index (Phi) is 19.7. The third kappa shape index (κ3) is 13.7. The fourth-order valence-electron chi connectivity index (χ4n) is 22.3. The minimum absolute atomic E-state index is 0.695. The quantitative estimate of drug-likeness (QED) is 0.121. The second kappa shape index (κ2) is 34.3. The van der Waals surface area contributed by atoms with Crippen LogP contribution in [0.25, 0.3) is 265 Å². The van der Waals surface area contributed by atoms with Gasteiger partial charge in [-0.25, -0.2) is 19.9 Å². The summed E-state index contributed by atoms with van der Waals surface area (Å²) in [6, 6.07) is 177. The van der Waals surface area contributed by atoms with Gasteiger partial charge in [-0.05, 0) is 162 Å². The molecule has 0 spiro atoms. The van der Waals surface area contributed by atoms with Crippen LogP contribution in [0.15, 0.2) is 510 Å². The molecule has 0 unspecified atom stereocenters. The number of benzene rings is 21. The first kappa shape index (κ1) is 82.7. The molecule has 672 valence electrons. The van der Waals surface area contributed by atoms with Gasteiger partial charge in [0.25, 0.3) is 0 Å². The van der Waals surface area contributed by atoms with Crippen LogP contribution in [0.1, 0.15) is 0 Å². The van der Waals surface area contributed by atoms with Crippen LogP contribution in [-0.4, -0.2) is 57.3 Å². The van der Waals surface area contributed by atoms with Gasteiger partial charge in [0.1, 0.15) is 0 Å². The maximum Gasteiger partial charge on any atom is 0.160 e. The fraction of sp³-hybridized carbons (Fsp3) is 0. The Labute approximate surface area is 826 Å². The van der Waals surface area contributed by atoms with Crippen LogP contribution in [0.5, 0.6) is 0 Å². The number of fused-ring (bicyclic) bond motifs is 24. The summed E-state index contributed by atoms with van der Waals surface area (Å²) in [6.45, 7) is 0. The molecule has 0 amide bonds.